The lowest BCUT2D eigenvalue weighted by Crippen LogP contribution is -1.92. The van der Waals surface area contributed by atoms with E-state index in [9.17, 15) is 0 Å². The largest absolute Gasteiger partial charge is 0.0843 e. The third kappa shape index (κ3) is 2.05. The topological polar surface area (TPSA) is 0 Å². The predicted octanol–water partition coefficient (Wildman–Crippen LogP) is 4.24. The minimum Gasteiger partial charge on any atom is -0.0843 e. The van der Waals surface area contributed by atoms with E-state index in [0.717, 1.165) is 16.9 Å². The summed E-state index contributed by atoms with van der Waals surface area (Å²) in [5.74, 6) is 1.69. The summed E-state index contributed by atoms with van der Waals surface area (Å²) in [5, 5.41) is 0.842. The molecule has 0 nitrogen and oxygen atoms in total. The summed E-state index contributed by atoms with van der Waals surface area (Å²) >= 11 is 5.85. The van der Waals surface area contributed by atoms with Crippen LogP contribution in [-0.4, -0.2) is 0 Å². The molecule has 1 aromatic rings. The molecular weight excluding hydrogens is 180 g/mol. The fourth-order valence-corrected chi connectivity index (χ4v) is 2.37. The summed E-state index contributed by atoms with van der Waals surface area (Å²) in [5.41, 5.74) is 1.47. The molecule has 1 unspecified atom stereocenters. The van der Waals surface area contributed by atoms with Gasteiger partial charge in [0.25, 0.3) is 0 Å². The molecule has 0 radical (unpaired) electrons. The standard InChI is InChI=1S/C12H15Cl/c1-9-2-3-11(8-9)10-4-6-12(13)7-5-10/h4-7,9,11H,2-3,8H2,1H3/t9?,11-/m0/s1. The van der Waals surface area contributed by atoms with Crippen LogP contribution in [0.25, 0.3) is 0 Å². The molecule has 1 saturated carbocycles. The van der Waals surface area contributed by atoms with Gasteiger partial charge in [-0.15, -0.1) is 0 Å². The van der Waals surface area contributed by atoms with Gasteiger partial charge < -0.3 is 0 Å². The van der Waals surface area contributed by atoms with Gasteiger partial charge in [0.15, 0.2) is 0 Å². The number of halogens is 1. The van der Waals surface area contributed by atoms with Crippen molar-refractivity contribution in [1.29, 1.82) is 0 Å². The van der Waals surface area contributed by atoms with Gasteiger partial charge in [-0.25, -0.2) is 0 Å². The molecule has 1 aromatic carbocycles. The molecule has 0 bridgehead atoms. The Morgan fingerprint density at radius 2 is 1.85 bits per heavy atom. The molecule has 1 aliphatic rings. The SMILES string of the molecule is CC1CC[C@H](c2ccc(Cl)cc2)C1. The average molecular weight is 195 g/mol. The Hall–Kier alpha value is -0.490. The minimum atomic E-state index is 0.785. The molecule has 0 saturated heterocycles. The highest BCUT2D eigenvalue weighted by molar-refractivity contribution is 6.30. The smallest absolute Gasteiger partial charge is 0.0406 e. The zero-order valence-electron chi connectivity index (χ0n) is 7.96. The first-order valence-electron chi connectivity index (χ1n) is 5.01. The summed E-state index contributed by atoms with van der Waals surface area (Å²) in [4.78, 5) is 0. The fraction of sp³-hybridized carbons (Fsp3) is 0.500. The van der Waals surface area contributed by atoms with Crippen molar-refractivity contribution >= 4 is 11.6 Å². The number of hydrogen-bond donors (Lipinski definition) is 0. The first-order chi connectivity index (χ1) is 6.25. The molecule has 1 aliphatic carbocycles. The van der Waals surface area contributed by atoms with E-state index in [0.29, 0.717) is 0 Å². The van der Waals surface area contributed by atoms with Crippen molar-refractivity contribution in [1.82, 2.24) is 0 Å². The Balaban J connectivity index is 2.13. The second-order valence-corrected chi connectivity index (χ2v) is 4.60. The molecule has 1 fully saturated rings. The van der Waals surface area contributed by atoms with E-state index in [1.54, 1.807) is 0 Å². The molecule has 0 aliphatic heterocycles. The molecular formula is C12H15Cl. The zero-order valence-corrected chi connectivity index (χ0v) is 8.72. The van der Waals surface area contributed by atoms with E-state index in [1.807, 2.05) is 12.1 Å². The molecule has 13 heavy (non-hydrogen) atoms. The third-order valence-electron chi connectivity index (χ3n) is 3.04. The minimum absolute atomic E-state index is 0.785. The normalized spacial score (nSPS) is 27.8. The zero-order chi connectivity index (χ0) is 9.26. The van der Waals surface area contributed by atoms with Crippen LogP contribution in [0, 0.1) is 5.92 Å². The van der Waals surface area contributed by atoms with Crippen LogP contribution < -0.4 is 0 Å². The summed E-state index contributed by atoms with van der Waals surface area (Å²) in [6, 6.07) is 8.34. The highest BCUT2D eigenvalue weighted by Crippen LogP contribution is 2.37. The molecule has 0 heterocycles. The first kappa shape index (κ1) is 9.08. The van der Waals surface area contributed by atoms with E-state index in [-0.39, 0.29) is 0 Å². The van der Waals surface area contributed by atoms with Crippen LogP contribution in [0.4, 0.5) is 0 Å². The molecule has 0 spiro atoms. The van der Waals surface area contributed by atoms with Crippen LogP contribution in [0.1, 0.15) is 37.7 Å². The maximum Gasteiger partial charge on any atom is 0.0406 e. The lowest BCUT2D eigenvalue weighted by atomic mass is 9.97. The Morgan fingerprint density at radius 1 is 1.15 bits per heavy atom. The van der Waals surface area contributed by atoms with E-state index in [1.165, 1.54) is 24.8 Å². The van der Waals surface area contributed by atoms with Gasteiger partial charge in [-0.3, -0.25) is 0 Å². The van der Waals surface area contributed by atoms with Crippen molar-refractivity contribution in [2.24, 2.45) is 5.92 Å². The average Bonchev–Trinajstić information content (AvgIpc) is 2.53. The molecule has 70 valence electrons. The number of hydrogen-bond acceptors (Lipinski definition) is 0. The van der Waals surface area contributed by atoms with Crippen LogP contribution in [0.5, 0.6) is 0 Å². The van der Waals surface area contributed by atoms with Crippen LogP contribution in [-0.2, 0) is 0 Å². The highest BCUT2D eigenvalue weighted by Gasteiger charge is 2.22. The van der Waals surface area contributed by atoms with E-state index < -0.39 is 0 Å². The van der Waals surface area contributed by atoms with Crippen LogP contribution in [0.15, 0.2) is 24.3 Å². The van der Waals surface area contributed by atoms with Gasteiger partial charge in [0, 0.05) is 5.02 Å². The maximum atomic E-state index is 5.85. The van der Waals surface area contributed by atoms with E-state index >= 15 is 0 Å². The van der Waals surface area contributed by atoms with Gasteiger partial charge in [0.2, 0.25) is 0 Å². The monoisotopic (exact) mass is 194 g/mol. The molecule has 0 amide bonds. The summed E-state index contributed by atoms with van der Waals surface area (Å²) in [6.45, 7) is 2.34. The third-order valence-corrected chi connectivity index (χ3v) is 3.29. The van der Waals surface area contributed by atoms with Gasteiger partial charge >= 0.3 is 0 Å². The van der Waals surface area contributed by atoms with E-state index in [4.69, 9.17) is 11.6 Å². The van der Waals surface area contributed by atoms with Gasteiger partial charge in [-0.05, 0) is 42.4 Å². The molecule has 0 N–H and O–H groups in total. The fourth-order valence-electron chi connectivity index (χ4n) is 2.24. The van der Waals surface area contributed by atoms with Crippen LogP contribution in [0.2, 0.25) is 5.02 Å². The van der Waals surface area contributed by atoms with Gasteiger partial charge in [-0.1, -0.05) is 37.1 Å². The highest BCUT2D eigenvalue weighted by atomic mass is 35.5. The second-order valence-electron chi connectivity index (χ2n) is 4.17. The maximum absolute atomic E-state index is 5.85. The van der Waals surface area contributed by atoms with Crippen molar-refractivity contribution in [2.45, 2.75) is 32.1 Å². The van der Waals surface area contributed by atoms with E-state index in [2.05, 4.69) is 19.1 Å². The van der Waals surface area contributed by atoms with Crippen molar-refractivity contribution in [3.63, 3.8) is 0 Å². The molecule has 2 rings (SSSR count). The van der Waals surface area contributed by atoms with Crippen molar-refractivity contribution in [3.8, 4) is 0 Å². The van der Waals surface area contributed by atoms with Crippen LogP contribution >= 0.6 is 11.6 Å². The molecule has 1 heteroatoms. The first-order valence-corrected chi connectivity index (χ1v) is 5.39. The van der Waals surface area contributed by atoms with Gasteiger partial charge in [0.1, 0.15) is 0 Å². The number of benzene rings is 1. The van der Waals surface area contributed by atoms with Gasteiger partial charge in [-0.2, -0.15) is 0 Å². The summed E-state index contributed by atoms with van der Waals surface area (Å²) in [6.07, 6.45) is 4.08. The summed E-state index contributed by atoms with van der Waals surface area (Å²) < 4.78 is 0. The number of rotatable bonds is 1. The summed E-state index contributed by atoms with van der Waals surface area (Å²) in [7, 11) is 0. The Morgan fingerprint density at radius 3 is 2.38 bits per heavy atom. The van der Waals surface area contributed by atoms with Crippen LogP contribution in [0.3, 0.4) is 0 Å². The Labute approximate surface area is 84.9 Å². The molecule has 2 atom stereocenters. The quantitative estimate of drug-likeness (QED) is 0.627. The lowest BCUT2D eigenvalue weighted by Gasteiger charge is -2.09. The Kier molecular flexibility index (Phi) is 2.59. The van der Waals surface area contributed by atoms with Crippen molar-refractivity contribution < 1.29 is 0 Å². The predicted molar refractivity (Wildman–Crippen MR) is 57.2 cm³/mol. The molecule has 0 aromatic heterocycles. The Bertz CT molecular complexity index is 276. The van der Waals surface area contributed by atoms with Gasteiger partial charge in [0.05, 0.1) is 0 Å². The van der Waals surface area contributed by atoms with Crippen molar-refractivity contribution in [2.75, 3.05) is 0 Å². The van der Waals surface area contributed by atoms with Crippen molar-refractivity contribution in [3.05, 3.63) is 34.9 Å². The second kappa shape index (κ2) is 3.71. The lowest BCUT2D eigenvalue weighted by molar-refractivity contribution is 0.596.